The molecule has 136 valence electrons. The summed E-state index contributed by atoms with van der Waals surface area (Å²) in [5.41, 5.74) is -1.82. The molecule has 4 rings (SSSR count). The highest BCUT2D eigenvalue weighted by molar-refractivity contribution is 6.15. The Morgan fingerprint density at radius 2 is 2.00 bits per heavy atom. The second kappa shape index (κ2) is 5.03. The molecule has 3 aliphatic carbocycles. The van der Waals surface area contributed by atoms with E-state index >= 15 is 0 Å². The number of aliphatic hydroxyl groups is 1. The Morgan fingerprint density at radius 1 is 1.28 bits per heavy atom. The van der Waals surface area contributed by atoms with Gasteiger partial charge in [-0.15, -0.1) is 0 Å². The number of aldehydes is 1. The lowest BCUT2D eigenvalue weighted by molar-refractivity contribution is -0.225. The predicted molar refractivity (Wildman–Crippen MR) is 89.4 cm³/mol. The van der Waals surface area contributed by atoms with Crippen LogP contribution in [0.2, 0.25) is 0 Å². The van der Waals surface area contributed by atoms with E-state index in [0.29, 0.717) is 24.8 Å². The summed E-state index contributed by atoms with van der Waals surface area (Å²) in [5, 5.41) is 11.0. The molecule has 2 spiro atoms. The van der Waals surface area contributed by atoms with Gasteiger partial charge in [-0.05, 0) is 42.6 Å². The van der Waals surface area contributed by atoms with E-state index in [4.69, 9.17) is 4.74 Å². The van der Waals surface area contributed by atoms with E-state index in [0.717, 1.165) is 19.1 Å². The fourth-order valence-corrected chi connectivity index (χ4v) is 6.71. The molecular weight excluding hydrogens is 320 g/mol. The van der Waals surface area contributed by atoms with Crippen molar-refractivity contribution in [3.63, 3.8) is 0 Å². The first kappa shape index (κ1) is 17.0. The van der Waals surface area contributed by atoms with Crippen LogP contribution in [0.3, 0.4) is 0 Å². The molecule has 6 atom stereocenters. The van der Waals surface area contributed by atoms with Crippen molar-refractivity contribution < 1.29 is 24.2 Å². The molecule has 5 nitrogen and oxygen atoms in total. The number of ether oxygens (including phenoxy) is 1. The Hall–Kier alpha value is -1.49. The number of cyclic esters (lactones) is 1. The largest absolute Gasteiger partial charge is 0.464 e. The van der Waals surface area contributed by atoms with Crippen molar-refractivity contribution in [2.75, 3.05) is 6.61 Å². The van der Waals surface area contributed by atoms with Gasteiger partial charge in [-0.2, -0.15) is 0 Å². The molecule has 3 saturated carbocycles. The molecule has 1 heterocycles. The maximum atomic E-state index is 13.1. The molecule has 2 bridgehead atoms. The number of ketones is 1. The van der Waals surface area contributed by atoms with Crippen LogP contribution in [0.15, 0.2) is 12.2 Å². The Bertz CT molecular complexity index is 680. The van der Waals surface area contributed by atoms with Crippen LogP contribution in [-0.4, -0.2) is 35.9 Å². The number of Topliss-reactive ketones (excluding diaryl/α,β-unsaturated/α-hetero) is 1. The van der Waals surface area contributed by atoms with Gasteiger partial charge in [0, 0.05) is 17.3 Å². The number of aliphatic hydroxyl groups excluding tert-OH is 1. The van der Waals surface area contributed by atoms with Gasteiger partial charge in [0.1, 0.15) is 11.7 Å². The molecule has 0 radical (unpaired) electrons. The zero-order chi connectivity index (χ0) is 18.2. The smallest absolute Gasteiger partial charge is 0.320 e. The van der Waals surface area contributed by atoms with Gasteiger partial charge in [-0.1, -0.05) is 26.8 Å². The highest BCUT2D eigenvalue weighted by atomic mass is 16.5. The summed E-state index contributed by atoms with van der Waals surface area (Å²) in [6, 6.07) is 0. The molecule has 0 amide bonds. The van der Waals surface area contributed by atoms with Crippen LogP contribution in [0.1, 0.15) is 46.0 Å². The maximum Gasteiger partial charge on any atom is 0.320 e. The van der Waals surface area contributed by atoms with Gasteiger partial charge >= 0.3 is 5.97 Å². The van der Waals surface area contributed by atoms with E-state index in [2.05, 4.69) is 20.4 Å². The predicted octanol–water partition coefficient (Wildman–Crippen LogP) is 2.07. The van der Waals surface area contributed by atoms with Crippen molar-refractivity contribution in [3.05, 3.63) is 12.2 Å². The Labute approximate surface area is 147 Å². The standard InChI is InChI=1S/C20H26O5/c1-11-12-7-13(22)15-19(6-4-5-18(2,3)14(19)9-21)10-25-17(24)20(15,8-12)16(11)23/h9,12-15,22H,1,4-8,10H2,2-3H3/t12-,13-,14-,15+,19+,20+/m0/s1. The quantitative estimate of drug-likeness (QED) is 0.340. The van der Waals surface area contributed by atoms with Crippen LogP contribution >= 0.6 is 0 Å². The third kappa shape index (κ3) is 1.85. The molecule has 0 aromatic carbocycles. The summed E-state index contributed by atoms with van der Waals surface area (Å²) in [6.07, 6.45) is 3.50. The van der Waals surface area contributed by atoms with E-state index in [1.54, 1.807) is 0 Å². The molecule has 1 aliphatic heterocycles. The lowest BCUT2D eigenvalue weighted by Crippen LogP contribution is -2.66. The Kier molecular flexibility index (Phi) is 3.41. The van der Waals surface area contributed by atoms with Crippen LogP contribution in [0.25, 0.3) is 0 Å². The molecular formula is C20H26O5. The van der Waals surface area contributed by atoms with Crippen molar-refractivity contribution in [1.29, 1.82) is 0 Å². The molecule has 4 fully saturated rings. The highest BCUT2D eigenvalue weighted by Gasteiger charge is 2.74. The molecule has 0 unspecified atom stereocenters. The average molecular weight is 346 g/mol. The summed E-state index contributed by atoms with van der Waals surface area (Å²) in [4.78, 5) is 38.0. The summed E-state index contributed by atoms with van der Waals surface area (Å²) >= 11 is 0. The number of carbonyl (C=O) groups excluding carboxylic acids is 3. The molecule has 25 heavy (non-hydrogen) atoms. The molecule has 5 heteroatoms. The van der Waals surface area contributed by atoms with Crippen molar-refractivity contribution in [2.45, 2.75) is 52.1 Å². The van der Waals surface area contributed by atoms with Gasteiger partial charge in [0.05, 0.1) is 12.7 Å². The zero-order valence-corrected chi connectivity index (χ0v) is 14.9. The molecule has 0 aromatic rings. The Morgan fingerprint density at radius 3 is 2.68 bits per heavy atom. The first-order valence-corrected chi connectivity index (χ1v) is 9.25. The number of hydrogen-bond acceptors (Lipinski definition) is 5. The molecule has 1 N–H and O–H groups in total. The van der Waals surface area contributed by atoms with Crippen LogP contribution in [0.4, 0.5) is 0 Å². The summed E-state index contributed by atoms with van der Waals surface area (Å²) in [7, 11) is 0. The first-order valence-electron chi connectivity index (χ1n) is 9.25. The van der Waals surface area contributed by atoms with Gasteiger partial charge in [0.15, 0.2) is 5.78 Å². The minimum Gasteiger partial charge on any atom is -0.464 e. The molecule has 0 aromatic heterocycles. The van der Waals surface area contributed by atoms with Crippen molar-refractivity contribution >= 4 is 18.0 Å². The SMILES string of the molecule is C=C1C(=O)[C@@]23C[C@@H]1C[C@H](O)[C@@H]2[C@]1(CCCC(C)(C)[C@@H]1C=O)COC3=O. The Balaban J connectivity index is 1.92. The highest BCUT2D eigenvalue weighted by Crippen LogP contribution is 2.67. The first-order chi connectivity index (χ1) is 11.7. The number of allylic oxidation sites excluding steroid dienone is 1. The molecule has 4 aliphatic rings. The van der Waals surface area contributed by atoms with Crippen LogP contribution in [0, 0.1) is 34.0 Å². The number of esters is 1. The fraction of sp³-hybridized carbons (Fsp3) is 0.750. The number of carbonyl (C=O) groups is 3. The summed E-state index contributed by atoms with van der Waals surface area (Å²) in [6.45, 7) is 8.13. The summed E-state index contributed by atoms with van der Waals surface area (Å²) < 4.78 is 5.58. The van der Waals surface area contributed by atoms with Gasteiger partial charge in [-0.3, -0.25) is 9.59 Å². The van der Waals surface area contributed by atoms with E-state index < -0.39 is 28.8 Å². The summed E-state index contributed by atoms with van der Waals surface area (Å²) in [5.74, 6) is -1.86. The fourth-order valence-electron chi connectivity index (χ4n) is 6.71. The van der Waals surface area contributed by atoms with Crippen molar-refractivity contribution in [3.8, 4) is 0 Å². The minimum absolute atomic E-state index is 0.118. The lowest BCUT2D eigenvalue weighted by atomic mass is 9.44. The lowest BCUT2D eigenvalue weighted by Gasteiger charge is -2.60. The topological polar surface area (TPSA) is 80.7 Å². The van der Waals surface area contributed by atoms with Crippen molar-refractivity contribution in [1.82, 2.24) is 0 Å². The molecule has 1 saturated heterocycles. The third-order valence-electron chi connectivity index (χ3n) is 7.72. The van der Waals surface area contributed by atoms with Crippen LogP contribution < -0.4 is 0 Å². The number of hydrogen-bond donors (Lipinski definition) is 1. The van der Waals surface area contributed by atoms with Gasteiger partial charge in [0.2, 0.25) is 0 Å². The number of rotatable bonds is 1. The third-order valence-corrected chi connectivity index (χ3v) is 7.72. The van der Waals surface area contributed by atoms with Gasteiger partial charge < -0.3 is 14.6 Å². The maximum absolute atomic E-state index is 13.1. The van der Waals surface area contributed by atoms with Gasteiger partial charge in [0.25, 0.3) is 0 Å². The van der Waals surface area contributed by atoms with E-state index in [9.17, 15) is 19.5 Å². The average Bonchev–Trinajstić information content (AvgIpc) is 2.73. The van der Waals surface area contributed by atoms with Gasteiger partial charge in [-0.25, -0.2) is 0 Å². The normalized spacial score (nSPS) is 48.2. The van der Waals surface area contributed by atoms with E-state index in [-0.39, 0.29) is 29.6 Å². The van der Waals surface area contributed by atoms with Crippen molar-refractivity contribution in [2.24, 2.45) is 34.0 Å². The monoisotopic (exact) mass is 346 g/mol. The van der Waals surface area contributed by atoms with E-state index in [1.807, 2.05) is 0 Å². The number of fused-ring (bicyclic) bond motifs is 2. The second-order valence-electron chi connectivity index (χ2n) is 9.27. The minimum atomic E-state index is -1.34. The van der Waals surface area contributed by atoms with Crippen LogP contribution in [-0.2, 0) is 19.1 Å². The zero-order valence-electron chi connectivity index (χ0n) is 14.9. The van der Waals surface area contributed by atoms with Crippen LogP contribution in [0.5, 0.6) is 0 Å². The van der Waals surface area contributed by atoms with E-state index in [1.165, 1.54) is 0 Å². The second-order valence-corrected chi connectivity index (χ2v) is 9.27.